The van der Waals surface area contributed by atoms with Gasteiger partial charge in [0.2, 0.25) is 15.9 Å². The number of ether oxygens (including phenoxy) is 2. The van der Waals surface area contributed by atoms with Gasteiger partial charge in [-0.2, -0.15) is 17.5 Å². The molecular formula is C24H22ClF3N2O5S. The molecule has 0 aromatic heterocycles. The van der Waals surface area contributed by atoms with Crippen molar-refractivity contribution in [3.05, 3.63) is 82.9 Å². The van der Waals surface area contributed by atoms with Crippen LogP contribution in [0, 0.1) is 0 Å². The van der Waals surface area contributed by atoms with Crippen LogP contribution in [0.4, 0.5) is 18.9 Å². The average Bonchev–Trinajstić information content (AvgIpc) is 2.84. The van der Waals surface area contributed by atoms with Crippen molar-refractivity contribution in [2.45, 2.75) is 17.6 Å². The van der Waals surface area contributed by atoms with Gasteiger partial charge in [0, 0.05) is 18.3 Å². The molecule has 1 N–H and O–H groups in total. The Morgan fingerprint density at radius 2 is 1.64 bits per heavy atom. The highest BCUT2D eigenvalue weighted by atomic mass is 35.5. The SMILES string of the molecule is COc1ccc(S(=O)(=O)N(CC(=O)Nc2ccc(Cl)c(C(F)(F)F)c2)Cc2ccccc2)cc1OC. The van der Waals surface area contributed by atoms with Gasteiger partial charge in [0.1, 0.15) is 0 Å². The zero-order chi connectivity index (χ0) is 26.5. The number of amides is 1. The van der Waals surface area contributed by atoms with E-state index in [1.54, 1.807) is 30.3 Å². The van der Waals surface area contributed by atoms with Crippen molar-refractivity contribution in [3.63, 3.8) is 0 Å². The molecule has 1 amide bonds. The summed E-state index contributed by atoms with van der Waals surface area (Å²) in [6.07, 6.45) is -4.73. The molecule has 3 rings (SSSR count). The molecule has 0 radical (unpaired) electrons. The number of rotatable bonds is 9. The Morgan fingerprint density at radius 3 is 2.25 bits per heavy atom. The highest BCUT2D eigenvalue weighted by molar-refractivity contribution is 7.89. The quantitative estimate of drug-likeness (QED) is 0.401. The standard InChI is InChI=1S/C24H22ClF3N2O5S/c1-34-21-11-9-18(13-22(21)35-2)36(32,33)30(14-16-6-4-3-5-7-16)15-23(31)29-17-8-10-20(25)19(12-17)24(26,27)28/h3-13H,14-15H2,1-2H3,(H,29,31). The van der Waals surface area contributed by atoms with Crippen molar-refractivity contribution in [2.75, 3.05) is 26.1 Å². The van der Waals surface area contributed by atoms with E-state index in [9.17, 15) is 26.4 Å². The lowest BCUT2D eigenvalue weighted by molar-refractivity contribution is -0.137. The fourth-order valence-electron chi connectivity index (χ4n) is 3.32. The maximum absolute atomic E-state index is 13.5. The number of alkyl halides is 3. The second-order valence-electron chi connectivity index (χ2n) is 7.52. The van der Waals surface area contributed by atoms with Crippen LogP contribution in [-0.2, 0) is 27.5 Å². The third-order valence-corrected chi connectivity index (χ3v) is 7.19. The molecule has 0 aliphatic heterocycles. The van der Waals surface area contributed by atoms with Gasteiger partial charge in [-0.05, 0) is 35.9 Å². The van der Waals surface area contributed by atoms with Crippen LogP contribution in [0.15, 0.2) is 71.6 Å². The summed E-state index contributed by atoms with van der Waals surface area (Å²) in [7, 11) is -1.49. The summed E-state index contributed by atoms with van der Waals surface area (Å²) in [5.41, 5.74) is -0.707. The molecule has 0 aliphatic rings. The van der Waals surface area contributed by atoms with Gasteiger partial charge in [-0.1, -0.05) is 41.9 Å². The molecule has 7 nitrogen and oxygen atoms in total. The van der Waals surface area contributed by atoms with Crippen LogP contribution in [0.3, 0.4) is 0 Å². The molecule has 0 saturated heterocycles. The molecule has 12 heteroatoms. The van der Waals surface area contributed by atoms with E-state index in [4.69, 9.17) is 21.1 Å². The molecule has 3 aromatic rings. The van der Waals surface area contributed by atoms with E-state index in [2.05, 4.69) is 5.32 Å². The van der Waals surface area contributed by atoms with Crippen molar-refractivity contribution in [1.29, 1.82) is 0 Å². The minimum absolute atomic E-state index is 0.158. The van der Waals surface area contributed by atoms with Crippen LogP contribution in [0.25, 0.3) is 0 Å². The Balaban J connectivity index is 1.92. The number of hydrogen-bond acceptors (Lipinski definition) is 5. The maximum atomic E-state index is 13.5. The van der Waals surface area contributed by atoms with E-state index >= 15 is 0 Å². The van der Waals surface area contributed by atoms with Crippen molar-refractivity contribution in [1.82, 2.24) is 4.31 Å². The van der Waals surface area contributed by atoms with E-state index in [-0.39, 0.29) is 22.9 Å². The fourth-order valence-corrected chi connectivity index (χ4v) is 4.95. The molecule has 0 atom stereocenters. The molecule has 0 saturated carbocycles. The normalized spacial score (nSPS) is 11.9. The lowest BCUT2D eigenvalue weighted by Gasteiger charge is -2.23. The molecule has 0 bridgehead atoms. The summed E-state index contributed by atoms with van der Waals surface area (Å²) >= 11 is 5.63. The highest BCUT2D eigenvalue weighted by Gasteiger charge is 2.34. The van der Waals surface area contributed by atoms with Crippen LogP contribution in [0.1, 0.15) is 11.1 Å². The smallest absolute Gasteiger partial charge is 0.417 e. The first-order valence-electron chi connectivity index (χ1n) is 10.4. The third kappa shape index (κ3) is 6.48. The lowest BCUT2D eigenvalue weighted by Crippen LogP contribution is -2.37. The highest BCUT2D eigenvalue weighted by Crippen LogP contribution is 2.36. The number of anilines is 1. The molecule has 0 heterocycles. The van der Waals surface area contributed by atoms with Crippen LogP contribution < -0.4 is 14.8 Å². The predicted octanol–water partition coefficient (Wildman–Crippen LogP) is 5.21. The number of sulfonamides is 1. The zero-order valence-electron chi connectivity index (χ0n) is 19.2. The van der Waals surface area contributed by atoms with E-state index < -0.39 is 39.2 Å². The summed E-state index contributed by atoms with van der Waals surface area (Å²) < 4.78 is 77.8. The third-order valence-electron chi connectivity index (χ3n) is 5.07. The number of methoxy groups -OCH3 is 2. The van der Waals surface area contributed by atoms with E-state index in [0.717, 1.165) is 10.4 Å². The van der Waals surface area contributed by atoms with Crippen molar-refractivity contribution >= 4 is 33.2 Å². The summed E-state index contributed by atoms with van der Waals surface area (Å²) in [5, 5.41) is 1.79. The first-order chi connectivity index (χ1) is 17.0. The Kier molecular flexibility index (Phi) is 8.49. The van der Waals surface area contributed by atoms with Gasteiger partial charge < -0.3 is 14.8 Å². The zero-order valence-corrected chi connectivity index (χ0v) is 20.7. The van der Waals surface area contributed by atoms with Crippen molar-refractivity contribution < 1.29 is 35.9 Å². The van der Waals surface area contributed by atoms with Crippen LogP contribution in [0.5, 0.6) is 11.5 Å². The molecule has 0 spiro atoms. The number of halogens is 4. The van der Waals surface area contributed by atoms with Gasteiger partial charge in [0.15, 0.2) is 11.5 Å². The Morgan fingerprint density at radius 1 is 0.972 bits per heavy atom. The maximum Gasteiger partial charge on any atom is 0.417 e. The van der Waals surface area contributed by atoms with Crippen LogP contribution in [0.2, 0.25) is 5.02 Å². The van der Waals surface area contributed by atoms with Gasteiger partial charge in [-0.3, -0.25) is 4.79 Å². The van der Waals surface area contributed by atoms with Gasteiger partial charge in [0.05, 0.1) is 36.2 Å². The van der Waals surface area contributed by atoms with E-state index in [1.165, 1.54) is 38.5 Å². The molecule has 0 unspecified atom stereocenters. The summed E-state index contributed by atoms with van der Waals surface area (Å²) in [4.78, 5) is 12.6. The fraction of sp³-hybridized carbons (Fsp3) is 0.208. The minimum Gasteiger partial charge on any atom is -0.493 e. The number of nitrogens with one attached hydrogen (secondary N) is 1. The Bertz CT molecular complexity index is 1340. The van der Waals surface area contributed by atoms with E-state index in [1.807, 2.05) is 0 Å². The molecule has 36 heavy (non-hydrogen) atoms. The van der Waals surface area contributed by atoms with Crippen LogP contribution in [-0.4, -0.2) is 39.4 Å². The number of carbonyl (C=O) groups excluding carboxylic acids is 1. The molecule has 192 valence electrons. The molecule has 0 aliphatic carbocycles. The second-order valence-corrected chi connectivity index (χ2v) is 9.86. The lowest BCUT2D eigenvalue weighted by atomic mass is 10.2. The summed E-state index contributed by atoms with van der Waals surface area (Å²) in [6.45, 7) is -0.838. The predicted molar refractivity (Wildman–Crippen MR) is 129 cm³/mol. The number of benzene rings is 3. The Labute approximate surface area is 211 Å². The van der Waals surface area contributed by atoms with Crippen LogP contribution >= 0.6 is 11.6 Å². The molecule has 0 fully saturated rings. The largest absolute Gasteiger partial charge is 0.493 e. The Hall–Kier alpha value is -3.28. The molecular weight excluding hydrogens is 521 g/mol. The topological polar surface area (TPSA) is 84.9 Å². The second kappa shape index (κ2) is 11.2. The first kappa shape index (κ1) is 27.3. The molecule has 3 aromatic carbocycles. The minimum atomic E-state index is -4.73. The summed E-state index contributed by atoms with van der Waals surface area (Å²) in [6, 6.07) is 15.4. The van der Waals surface area contributed by atoms with Gasteiger partial charge >= 0.3 is 6.18 Å². The van der Waals surface area contributed by atoms with Gasteiger partial charge in [0.25, 0.3) is 0 Å². The monoisotopic (exact) mass is 542 g/mol. The first-order valence-corrected chi connectivity index (χ1v) is 12.2. The average molecular weight is 543 g/mol. The van der Waals surface area contributed by atoms with Crippen molar-refractivity contribution in [3.8, 4) is 11.5 Å². The van der Waals surface area contributed by atoms with Gasteiger partial charge in [-0.15, -0.1) is 0 Å². The summed E-state index contributed by atoms with van der Waals surface area (Å²) in [5.74, 6) is -0.360. The number of hydrogen-bond donors (Lipinski definition) is 1. The van der Waals surface area contributed by atoms with Gasteiger partial charge in [-0.25, -0.2) is 8.42 Å². The number of nitrogens with zero attached hydrogens (tertiary/aromatic N) is 1. The van der Waals surface area contributed by atoms with Crippen molar-refractivity contribution in [2.24, 2.45) is 0 Å². The van der Waals surface area contributed by atoms with E-state index in [0.29, 0.717) is 17.4 Å². The number of carbonyl (C=O) groups is 1.